The summed E-state index contributed by atoms with van der Waals surface area (Å²) in [6.07, 6.45) is 1.04. The van der Waals surface area contributed by atoms with Crippen molar-refractivity contribution in [2.75, 3.05) is 33.6 Å². The number of hydrogen-bond acceptors (Lipinski definition) is 9. The zero-order chi connectivity index (χ0) is 21.6. The molecule has 13 heteroatoms. The number of carbonyl (C=O) groups is 2. The topological polar surface area (TPSA) is 153 Å². The number of ether oxygens (including phenoxy) is 2. The summed E-state index contributed by atoms with van der Waals surface area (Å²) in [6, 6.07) is 3.18. The Balaban J connectivity index is 2.22. The van der Waals surface area contributed by atoms with Crippen LogP contribution in [0.3, 0.4) is 0 Å². The summed E-state index contributed by atoms with van der Waals surface area (Å²) in [4.78, 5) is 37.0. The van der Waals surface area contributed by atoms with Gasteiger partial charge in [0.05, 0.1) is 26.7 Å². The fourth-order valence-corrected chi connectivity index (χ4v) is 3.16. The van der Waals surface area contributed by atoms with Crippen molar-refractivity contribution in [1.29, 1.82) is 0 Å². The first kappa shape index (κ1) is 21.8. The molecule has 0 radical (unpaired) electrons. The molecule has 0 fully saturated rings. The van der Waals surface area contributed by atoms with Crippen molar-refractivity contribution in [2.45, 2.75) is 11.4 Å². The Hall–Kier alpha value is -3.48. The third-order valence-electron chi connectivity index (χ3n) is 3.49. The number of amides is 3. The lowest BCUT2D eigenvalue weighted by atomic mass is 10.2. The predicted molar refractivity (Wildman–Crippen MR) is 101 cm³/mol. The number of nitrogens with one attached hydrogen (secondary N) is 2. The third kappa shape index (κ3) is 5.75. The molecule has 0 aliphatic carbocycles. The normalized spacial score (nSPS) is 10.8. The van der Waals surface area contributed by atoms with Gasteiger partial charge >= 0.3 is 6.03 Å². The van der Waals surface area contributed by atoms with Gasteiger partial charge in [-0.25, -0.2) is 14.5 Å². The zero-order valence-electron chi connectivity index (χ0n) is 16.2. The molecule has 12 nitrogen and oxygen atoms in total. The molecule has 2 aromatic heterocycles. The molecule has 2 N–H and O–H groups in total. The first-order valence-electron chi connectivity index (χ1n) is 8.11. The highest BCUT2D eigenvalue weighted by Crippen LogP contribution is 2.18. The van der Waals surface area contributed by atoms with Crippen molar-refractivity contribution in [1.82, 2.24) is 24.6 Å². The van der Waals surface area contributed by atoms with Crippen LogP contribution in [-0.2, 0) is 21.2 Å². The summed E-state index contributed by atoms with van der Waals surface area (Å²) in [7, 11) is 1.42. The van der Waals surface area contributed by atoms with Crippen molar-refractivity contribution in [2.24, 2.45) is 0 Å². The number of sulfonamides is 1. The molecular formula is C16H20N6O6S. The quantitative estimate of drug-likeness (QED) is 0.627. The zero-order valence-corrected chi connectivity index (χ0v) is 17.0. The van der Waals surface area contributed by atoms with Gasteiger partial charge in [-0.2, -0.15) is 18.4 Å². The highest BCUT2D eigenvalue weighted by molar-refractivity contribution is 7.90. The second-order valence-corrected chi connectivity index (χ2v) is 7.37. The van der Waals surface area contributed by atoms with E-state index in [0.29, 0.717) is 0 Å². The van der Waals surface area contributed by atoms with Crippen LogP contribution in [0.25, 0.3) is 0 Å². The average molecular weight is 424 g/mol. The van der Waals surface area contributed by atoms with E-state index in [2.05, 4.69) is 20.3 Å². The maximum absolute atomic E-state index is 12.6. The third-order valence-corrected chi connectivity index (χ3v) is 4.83. The fraction of sp³-hybridized carbons (Fsp3) is 0.312. The molecule has 2 heterocycles. The average Bonchev–Trinajstić information content (AvgIpc) is 2.67. The summed E-state index contributed by atoms with van der Waals surface area (Å²) >= 11 is 0. The van der Waals surface area contributed by atoms with Crippen LogP contribution in [-0.4, -0.2) is 68.5 Å². The van der Waals surface area contributed by atoms with Gasteiger partial charge in [-0.05, 0) is 6.07 Å². The Morgan fingerprint density at radius 3 is 2.31 bits per heavy atom. The van der Waals surface area contributed by atoms with Gasteiger partial charge < -0.3 is 14.4 Å². The molecule has 156 valence electrons. The van der Waals surface area contributed by atoms with Crippen molar-refractivity contribution < 1.29 is 27.5 Å². The monoisotopic (exact) mass is 424 g/mol. The summed E-state index contributed by atoms with van der Waals surface area (Å²) in [5.74, 6) is -0.359. The highest BCUT2D eigenvalue weighted by atomic mass is 32.2. The molecule has 2 rings (SSSR count). The van der Waals surface area contributed by atoms with Crippen LogP contribution < -0.4 is 19.5 Å². The number of nitrogens with zero attached hydrogens (tertiary/aromatic N) is 4. The molecule has 0 aromatic carbocycles. The standard InChI is InChI=1S/C16H20N6O6S/c1-22(2)13(23)8-10-6-5-7-17-14(10)29(25,26)21-16(24)20-15-18-11(27-3)9-12(19-15)28-4/h5-7,9H,8H2,1-4H3,(H2,18,19,20,21,24). The number of anilines is 1. The van der Waals surface area contributed by atoms with Gasteiger partial charge in [-0.1, -0.05) is 6.07 Å². The van der Waals surface area contributed by atoms with Crippen LogP contribution in [0.4, 0.5) is 10.7 Å². The lowest BCUT2D eigenvalue weighted by Crippen LogP contribution is -2.36. The second-order valence-electron chi connectivity index (χ2n) is 5.77. The predicted octanol–water partition coefficient (Wildman–Crippen LogP) is 0.0299. The minimum Gasteiger partial charge on any atom is -0.481 e. The summed E-state index contributed by atoms with van der Waals surface area (Å²) in [5, 5.41) is 1.75. The Morgan fingerprint density at radius 2 is 1.76 bits per heavy atom. The summed E-state index contributed by atoms with van der Waals surface area (Å²) in [5.41, 5.74) is 0.144. The van der Waals surface area contributed by atoms with E-state index < -0.39 is 21.1 Å². The Labute approximate surface area is 167 Å². The van der Waals surface area contributed by atoms with Crippen LogP contribution >= 0.6 is 0 Å². The maximum Gasteiger partial charge on any atom is 0.335 e. The van der Waals surface area contributed by atoms with Crippen LogP contribution in [0.2, 0.25) is 0 Å². The van der Waals surface area contributed by atoms with Gasteiger partial charge in [0, 0.05) is 25.9 Å². The smallest absolute Gasteiger partial charge is 0.335 e. The van der Waals surface area contributed by atoms with Crippen molar-refractivity contribution in [3.8, 4) is 11.8 Å². The molecule has 0 spiro atoms. The van der Waals surface area contributed by atoms with E-state index in [-0.39, 0.29) is 35.6 Å². The Morgan fingerprint density at radius 1 is 1.14 bits per heavy atom. The van der Waals surface area contributed by atoms with Gasteiger partial charge in [0.1, 0.15) is 0 Å². The lowest BCUT2D eigenvalue weighted by Gasteiger charge is -2.13. The number of urea groups is 1. The summed E-state index contributed by atoms with van der Waals surface area (Å²) in [6.45, 7) is 0. The van der Waals surface area contributed by atoms with E-state index in [1.807, 2.05) is 4.72 Å². The molecule has 0 aliphatic rings. The second kappa shape index (κ2) is 9.14. The molecule has 0 saturated carbocycles. The number of carbonyl (C=O) groups excluding carboxylic acids is 2. The van der Waals surface area contributed by atoms with Crippen molar-refractivity contribution >= 4 is 27.9 Å². The molecule has 0 saturated heterocycles. The van der Waals surface area contributed by atoms with Gasteiger partial charge in [0.25, 0.3) is 10.0 Å². The summed E-state index contributed by atoms with van der Waals surface area (Å²) < 4.78 is 36.9. The lowest BCUT2D eigenvalue weighted by molar-refractivity contribution is -0.128. The van der Waals surface area contributed by atoms with Gasteiger partial charge in [0.15, 0.2) is 5.03 Å². The SMILES string of the molecule is COc1cc(OC)nc(NC(=O)NS(=O)(=O)c2ncccc2CC(=O)N(C)C)n1. The first-order valence-corrected chi connectivity index (χ1v) is 9.59. The van der Waals surface area contributed by atoms with Crippen molar-refractivity contribution in [3.05, 3.63) is 30.0 Å². The fourth-order valence-electron chi connectivity index (χ4n) is 2.09. The van der Waals surface area contributed by atoms with E-state index in [0.717, 1.165) is 0 Å². The van der Waals surface area contributed by atoms with Gasteiger partial charge in [-0.3, -0.25) is 10.1 Å². The molecule has 2 aromatic rings. The number of aromatic nitrogens is 3. The van der Waals surface area contributed by atoms with Gasteiger partial charge in [0.2, 0.25) is 23.6 Å². The number of likely N-dealkylation sites (N-methyl/N-ethyl adjacent to an activating group) is 1. The van der Waals surface area contributed by atoms with E-state index in [9.17, 15) is 18.0 Å². The number of hydrogen-bond donors (Lipinski definition) is 2. The molecule has 29 heavy (non-hydrogen) atoms. The van der Waals surface area contributed by atoms with Crippen LogP contribution in [0.1, 0.15) is 5.56 Å². The molecular weight excluding hydrogens is 404 g/mol. The molecule has 0 atom stereocenters. The van der Waals surface area contributed by atoms with Gasteiger partial charge in [-0.15, -0.1) is 0 Å². The number of methoxy groups -OCH3 is 2. The van der Waals surface area contributed by atoms with Crippen LogP contribution in [0, 0.1) is 0 Å². The molecule has 3 amide bonds. The number of rotatable bonds is 7. The molecule has 0 unspecified atom stereocenters. The van der Waals surface area contributed by atoms with Crippen molar-refractivity contribution in [3.63, 3.8) is 0 Å². The van der Waals surface area contributed by atoms with E-state index in [4.69, 9.17) is 9.47 Å². The van der Waals surface area contributed by atoms with E-state index in [1.54, 1.807) is 14.1 Å². The molecule has 0 aliphatic heterocycles. The Bertz CT molecular complexity index is 988. The van der Waals surface area contributed by atoms with Crippen LogP contribution in [0.15, 0.2) is 29.4 Å². The Kier molecular flexibility index (Phi) is 6.88. The molecule has 0 bridgehead atoms. The minimum absolute atomic E-state index is 0.101. The number of pyridine rings is 1. The van der Waals surface area contributed by atoms with E-state index in [1.165, 1.54) is 43.5 Å². The highest BCUT2D eigenvalue weighted by Gasteiger charge is 2.24. The van der Waals surface area contributed by atoms with Crippen LogP contribution in [0.5, 0.6) is 11.8 Å². The first-order chi connectivity index (χ1) is 13.7. The largest absolute Gasteiger partial charge is 0.481 e. The maximum atomic E-state index is 12.6. The van der Waals surface area contributed by atoms with E-state index >= 15 is 0 Å². The minimum atomic E-state index is -4.37.